The Kier molecular flexibility index (Phi) is 20.9. The third kappa shape index (κ3) is 16.9. The highest BCUT2D eigenvalue weighted by Gasteiger charge is 2.32. The molecule has 1 fully saturated rings. The van der Waals surface area contributed by atoms with Crippen LogP contribution in [-0.2, 0) is 23.9 Å². The first-order valence-electron chi connectivity index (χ1n) is 15.9. The number of esters is 1. The van der Waals surface area contributed by atoms with Gasteiger partial charge in [0.2, 0.25) is 0 Å². The van der Waals surface area contributed by atoms with Gasteiger partial charge in [0.1, 0.15) is 23.2 Å². The molecule has 1 aliphatic rings. The van der Waals surface area contributed by atoms with E-state index in [0.717, 1.165) is 31.8 Å². The second kappa shape index (κ2) is 24.2. The number of rotatable bonds is 21. The van der Waals surface area contributed by atoms with E-state index in [1.54, 1.807) is 48.5 Å². The lowest BCUT2D eigenvalue weighted by Crippen LogP contribution is -2.54. The molecule has 276 valence electrons. The molecular formula is C33H49ClN8O8. The van der Waals surface area contributed by atoms with E-state index < -0.39 is 23.8 Å². The Hall–Kier alpha value is -4.93. The van der Waals surface area contributed by atoms with Crippen molar-refractivity contribution in [3.63, 3.8) is 0 Å². The molecule has 1 heterocycles. The molecule has 3 rings (SSSR count). The average Bonchev–Trinajstić information content (AvgIpc) is 3.09. The number of amides is 2. The zero-order valence-electron chi connectivity index (χ0n) is 28.3. The molecule has 2 amide bonds. The first-order chi connectivity index (χ1) is 23.5. The molecule has 0 radical (unpaired) electrons. The lowest BCUT2D eigenvalue weighted by atomic mass is 10.2. The Labute approximate surface area is 298 Å². The number of aliphatic carboxylic acids is 1. The number of halogens is 1. The van der Waals surface area contributed by atoms with E-state index in [-0.39, 0.29) is 43.5 Å². The minimum absolute atomic E-state index is 0. The largest absolute Gasteiger partial charge is 0.494 e. The molecule has 1 saturated heterocycles. The normalized spacial score (nSPS) is 12.3. The molecule has 17 heteroatoms. The van der Waals surface area contributed by atoms with Crippen LogP contribution in [0.25, 0.3) is 0 Å². The first-order valence-corrected chi connectivity index (χ1v) is 15.9. The van der Waals surface area contributed by atoms with Gasteiger partial charge in [-0.05, 0) is 67.9 Å². The fraction of sp³-hybridized carbons (Fsp3) is 0.455. The summed E-state index contributed by atoms with van der Waals surface area (Å²) in [5, 5.41) is 29.4. The number of carbonyl (C=O) groups excluding carboxylic acids is 3. The lowest BCUT2D eigenvalue weighted by Gasteiger charge is -2.33. The maximum Gasteiger partial charge on any atom is 0.312 e. The quantitative estimate of drug-likeness (QED) is 0.0311. The zero-order valence-corrected chi connectivity index (χ0v) is 29.1. The molecule has 0 aromatic heterocycles. The summed E-state index contributed by atoms with van der Waals surface area (Å²) in [6, 6.07) is 14.0. The summed E-state index contributed by atoms with van der Waals surface area (Å²) in [5.74, 6) is -0.888. The van der Waals surface area contributed by atoms with Gasteiger partial charge in [0.25, 0.3) is 0 Å². The maximum atomic E-state index is 12.2. The molecule has 9 N–H and O–H groups in total. The second-order valence-corrected chi connectivity index (χ2v) is 10.8. The summed E-state index contributed by atoms with van der Waals surface area (Å²) in [6.45, 7) is 5.32. The van der Waals surface area contributed by atoms with Gasteiger partial charge < -0.3 is 51.2 Å². The van der Waals surface area contributed by atoms with Crippen molar-refractivity contribution in [2.24, 2.45) is 11.5 Å². The third-order valence-corrected chi connectivity index (χ3v) is 7.14. The highest BCUT2D eigenvalue weighted by Crippen LogP contribution is 2.13. The number of benzene rings is 2. The van der Waals surface area contributed by atoms with Crippen molar-refractivity contribution in [2.75, 3.05) is 72.7 Å². The standard InChI is InChI=1S/C18H24N4O5.C15H24N4O3.ClH/c1-26-15(23)7-9-22-11-10-21(17(24)18(22)25)8-2-12-27-14-5-3-13(4-6-14)16(19)20;16-15(17)12-2-4-13(5-3-12)22-11-1-7-18-9-10-19-8-6-14(20)21;/h3-6H,2,7-12H2,1H3,(H3,19,20);2-5,18-19H,1,6-11H2,(H3,16,17)(H,20,21);1H. The van der Waals surface area contributed by atoms with E-state index >= 15 is 0 Å². The molecule has 0 spiro atoms. The predicted molar refractivity (Wildman–Crippen MR) is 190 cm³/mol. The van der Waals surface area contributed by atoms with E-state index in [0.29, 0.717) is 62.7 Å². The van der Waals surface area contributed by atoms with Crippen LogP contribution in [0.15, 0.2) is 48.5 Å². The topological polar surface area (TPSA) is 246 Å². The van der Waals surface area contributed by atoms with Crippen LogP contribution in [0.2, 0.25) is 0 Å². The van der Waals surface area contributed by atoms with Gasteiger partial charge in [-0.15, -0.1) is 12.4 Å². The molecule has 2 aromatic carbocycles. The van der Waals surface area contributed by atoms with E-state index in [4.69, 9.17) is 36.9 Å². The van der Waals surface area contributed by atoms with E-state index in [9.17, 15) is 19.2 Å². The number of nitrogens with two attached hydrogens (primary N) is 2. The van der Waals surface area contributed by atoms with Gasteiger partial charge in [-0.25, -0.2) is 0 Å². The number of nitrogens with one attached hydrogen (secondary N) is 4. The summed E-state index contributed by atoms with van der Waals surface area (Å²) in [4.78, 5) is 48.6. The molecule has 0 saturated carbocycles. The van der Waals surface area contributed by atoms with Crippen molar-refractivity contribution in [2.45, 2.75) is 25.7 Å². The van der Waals surface area contributed by atoms with Gasteiger partial charge in [-0.2, -0.15) is 0 Å². The van der Waals surface area contributed by atoms with Gasteiger partial charge in [0.15, 0.2) is 0 Å². The van der Waals surface area contributed by atoms with Crippen molar-refractivity contribution in [1.29, 1.82) is 10.8 Å². The first kappa shape index (κ1) is 43.1. The monoisotopic (exact) mass is 720 g/mol. The van der Waals surface area contributed by atoms with Crippen molar-refractivity contribution in [3.05, 3.63) is 59.7 Å². The Bertz CT molecular complexity index is 1380. The number of methoxy groups -OCH3 is 1. The predicted octanol–water partition coefficient (Wildman–Crippen LogP) is 0.789. The molecule has 1 aliphatic heterocycles. The number of nitrogen functional groups attached to an aromatic ring is 2. The molecule has 2 aromatic rings. The van der Waals surface area contributed by atoms with Crippen LogP contribution >= 0.6 is 12.4 Å². The lowest BCUT2D eigenvalue weighted by molar-refractivity contribution is -0.156. The summed E-state index contributed by atoms with van der Waals surface area (Å²) in [5.41, 5.74) is 12.1. The van der Waals surface area contributed by atoms with Gasteiger partial charge in [0, 0.05) is 56.9 Å². The summed E-state index contributed by atoms with van der Waals surface area (Å²) < 4.78 is 15.7. The molecule has 0 unspecified atom stereocenters. The summed E-state index contributed by atoms with van der Waals surface area (Å²) >= 11 is 0. The Morgan fingerprint density at radius 1 is 0.740 bits per heavy atom. The van der Waals surface area contributed by atoms with Gasteiger partial charge >= 0.3 is 23.8 Å². The van der Waals surface area contributed by atoms with Crippen molar-refractivity contribution < 1.29 is 38.5 Å². The van der Waals surface area contributed by atoms with E-state index in [2.05, 4.69) is 15.4 Å². The average molecular weight is 721 g/mol. The van der Waals surface area contributed by atoms with Crippen LogP contribution in [0.4, 0.5) is 0 Å². The van der Waals surface area contributed by atoms with Crippen LogP contribution in [0.3, 0.4) is 0 Å². The molecule has 50 heavy (non-hydrogen) atoms. The van der Waals surface area contributed by atoms with Gasteiger partial charge in [-0.1, -0.05) is 0 Å². The fourth-order valence-electron chi connectivity index (χ4n) is 4.39. The summed E-state index contributed by atoms with van der Waals surface area (Å²) in [7, 11) is 1.28. The number of amidine groups is 2. The Balaban J connectivity index is 0.000000501. The number of carboxylic acid groups (broad SMARTS) is 1. The number of carboxylic acids is 1. The van der Waals surface area contributed by atoms with Crippen LogP contribution in [-0.4, -0.2) is 123 Å². The minimum Gasteiger partial charge on any atom is -0.494 e. The molecule has 0 aliphatic carbocycles. The second-order valence-electron chi connectivity index (χ2n) is 10.8. The van der Waals surface area contributed by atoms with Crippen LogP contribution < -0.4 is 31.6 Å². The zero-order chi connectivity index (χ0) is 36.0. The number of ether oxygens (including phenoxy) is 3. The molecule has 16 nitrogen and oxygen atoms in total. The number of piperazine rings is 1. The van der Waals surface area contributed by atoms with E-state index in [1.807, 2.05) is 0 Å². The number of carbonyl (C=O) groups is 4. The third-order valence-electron chi connectivity index (χ3n) is 7.14. The van der Waals surface area contributed by atoms with Crippen LogP contribution in [0, 0.1) is 10.8 Å². The number of hydrogen-bond acceptors (Lipinski definition) is 11. The molecule has 0 atom stereocenters. The minimum atomic E-state index is -0.783. The summed E-state index contributed by atoms with van der Waals surface area (Å²) in [6.07, 6.45) is 1.68. The van der Waals surface area contributed by atoms with Crippen molar-refractivity contribution >= 4 is 47.8 Å². The highest BCUT2D eigenvalue weighted by molar-refractivity contribution is 6.35. The van der Waals surface area contributed by atoms with E-state index in [1.165, 1.54) is 16.9 Å². The highest BCUT2D eigenvalue weighted by atomic mass is 35.5. The SMILES string of the molecule is COC(=O)CCN1CCN(CCCOc2ccc(C(=N)N)cc2)C(=O)C1=O.Cl.N=C(N)c1ccc(OCCCNCCNCCC(=O)O)cc1. The van der Waals surface area contributed by atoms with Gasteiger partial charge in [-0.3, -0.25) is 30.0 Å². The van der Waals surface area contributed by atoms with Gasteiger partial charge in [0.05, 0.1) is 33.2 Å². The smallest absolute Gasteiger partial charge is 0.312 e. The number of nitrogens with zero attached hydrogens (tertiary/aromatic N) is 2. The molecular weight excluding hydrogens is 672 g/mol. The van der Waals surface area contributed by atoms with Crippen LogP contribution in [0.5, 0.6) is 11.5 Å². The Morgan fingerprint density at radius 3 is 1.66 bits per heavy atom. The molecule has 0 bridgehead atoms. The van der Waals surface area contributed by atoms with Crippen molar-refractivity contribution in [3.8, 4) is 11.5 Å². The fourth-order valence-corrected chi connectivity index (χ4v) is 4.39. The Morgan fingerprint density at radius 2 is 1.20 bits per heavy atom. The van der Waals surface area contributed by atoms with Crippen molar-refractivity contribution in [1.82, 2.24) is 20.4 Å². The van der Waals surface area contributed by atoms with Crippen LogP contribution in [0.1, 0.15) is 36.8 Å². The maximum absolute atomic E-state index is 12.2. The number of hydrogen-bond donors (Lipinski definition) is 7.